The molecule has 100 valence electrons. The van der Waals surface area contributed by atoms with Crippen molar-refractivity contribution in [2.75, 3.05) is 0 Å². The van der Waals surface area contributed by atoms with Crippen molar-refractivity contribution in [3.63, 3.8) is 0 Å². The first kappa shape index (κ1) is 13.5. The molecule has 0 unspecified atom stereocenters. The van der Waals surface area contributed by atoms with E-state index in [1.165, 1.54) is 25.7 Å². The molecule has 0 spiro atoms. The van der Waals surface area contributed by atoms with Crippen LogP contribution in [0.25, 0.3) is 0 Å². The average Bonchev–Trinajstić information content (AvgIpc) is 2.60. The van der Waals surface area contributed by atoms with Crippen LogP contribution in [-0.4, -0.2) is 16.9 Å². The van der Waals surface area contributed by atoms with E-state index in [1.54, 1.807) is 11.3 Å². The van der Waals surface area contributed by atoms with Gasteiger partial charge in [-0.2, -0.15) is 0 Å². The first-order chi connectivity index (χ1) is 8.74. The van der Waals surface area contributed by atoms with Crippen molar-refractivity contribution < 1.29 is 4.79 Å². The van der Waals surface area contributed by atoms with Crippen LogP contribution in [0.4, 0.5) is 0 Å². The van der Waals surface area contributed by atoms with Gasteiger partial charge in [-0.3, -0.25) is 4.79 Å². The van der Waals surface area contributed by atoms with E-state index in [4.69, 9.17) is 0 Å². The number of hydrogen-bond acceptors (Lipinski definition) is 3. The predicted octanol–water partition coefficient (Wildman–Crippen LogP) is 3.22. The number of aryl methyl sites for hydroxylation is 2. The fourth-order valence-electron chi connectivity index (χ4n) is 2.49. The summed E-state index contributed by atoms with van der Waals surface area (Å²) in [6, 6.07) is 0.414. The summed E-state index contributed by atoms with van der Waals surface area (Å²) >= 11 is 1.65. The Kier molecular flexibility index (Phi) is 5.17. The maximum Gasteiger partial charge on any atom is 0.220 e. The van der Waals surface area contributed by atoms with Crippen LogP contribution >= 0.6 is 11.3 Å². The van der Waals surface area contributed by atoms with Crippen molar-refractivity contribution in [2.24, 2.45) is 0 Å². The summed E-state index contributed by atoms with van der Waals surface area (Å²) in [7, 11) is 0. The third-order valence-electron chi connectivity index (χ3n) is 3.50. The number of carbonyl (C=O) groups excluding carboxylic acids is 1. The van der Waals surface area contributed by atoms with Gasteiger partial charge in [0, 0.05) is 17.8 Å². The quantitative estimate of drug-likeness (QED) is 0.850. The van der Waals surface area contributed by atoms with Gasteiger partial charge in [0.1, 0.15) is 0 Å². The summed E-state index contributed by atoms with van der Waals surface area (Å²) in [6.45, 7) is 2.00. The molecule has 1 aromatic heterocycles. The number of aromatic nitrogens is 1. The molecule has 1 amide bonds. The van der Waals surface area contributed by atoms with E-state index in [-0.39, 0.29) is 5.91 Å². The Labute approximate surface area is 113 Å². The molecule has 0 saturated heterocycles. The van der Waals surface area contributed by atoms with Crippen molar-refractivity contribution in [2.45, 2.75) is 64.3 Å². The summed E-state index contributed by atoms with van der Waals surface area (Å²) in [5, 5.41) is 6.30. The molecule has 18 heavy (non-hydrogen) atoms. The normalized spacial score (nSPS) is 17.4. The van der Waals surface area contributed by atoms with Crippen molar-refractivity contribution in [3.8, 4) is 0 Å². The summed E-state index contributed by atoms with van der Waals surface area (Å²) in [6.07, 6.45) is 8.81. The molecule has 1 aliphatic rings. The summed E-state index contributed by atoms with van der Waals surface area (Å²) in [5.41, 5.74) is 1.05. The zero-order valence-corrected chi connectivity index (χ0v) is 11.9. The Hall–Kier alpha value is -0.900. The Morgan fingerprint density at radius 2 is 2.11 bits per heavy atom. The van der Waals surface area contributed by atoms with E-state index < -0.39 is 0 Å². The summed E-state index contributed by atoms with van der Waals surface area (Å²) in [4.78, 5) is 16.3. The molecular formula is C14H22N2OS. The number of hydrogen-bond donors (Lipinski definition) is 1. The zero-order valence-electron chi connectivity index (χ0n) is 11.1. The van der Waals surface area contributed by atoms with E-state index in [2.05, 4.69) is 10.3 Å². The fraction of sp³-hybridized carbons (Fsp3) is 0.714. The third-order valence-corrected chi connectivity index (χ3v) is 4.32. The first-order valence-corrected chi connectivity index (χ1v) is 7.82. The van der Waals surface area contributed by atoms with Gasteiger partial charge in [0.2, 0.25) is 5.91 Å². The monoisotopic (exact) mass is 266 g/mol. The number of amides is 1. The first-order valence-electron chi connectivity index (χ1n) is 6.94. The Bertz CT molecular complexity index is 381. The minimum absolute atomic E-state index is 0.188. The van der Waals surface area contributed by atoms with Crippen LogP contribution in [0.3, 0.4) is 0 Å². The van der Waals surface area contributed by atoms with E-state index in [0.29, 0.717) is 12.5 Å². The maximum absolute atomic E-state index is 11.9. The highest BCUT2D eigenvalue weighted by Crippen LogP contribution is 2.17. The lowest BCUT2D eigenvalue weighted by Crippen LogP contribution is -2.34. The van der Waals surface area contributed by atoms with Crippen LogP contribution in [0.1, 0.15) is 55.6 Å². The second-order valence-corrected chi connectivity index (χ2v) is 6.18. The van der Waals surface area contributed by atoms with Gasteiger partial charge < -0.3 is 5.32 Å². The SMILES string of the molecule is Cc1nc(CCC(=O)NC2CCCCCC2)cs1. The second kappa shape index (κ2) is 6.88. The molecule has 1 heterocycles. The molecule has 4 heteroatoms. The van der Waals surface area contributed by atoms with Gasteiger partial charge in [-0.25, -0.2) is 4.98 Å². The smallest absolute Gasteiger partial charge is 0.220 e. The van der Waals surface area contributed by atoms with E-state index in [0.717, 1.165) is 30.0 Å². The lowest BCUT2D eigenvalue weighted by Gasteiger charge is -2.15. The molecule has 0 bridgehead atoms. The molecule has 2 rings (SSSR count). The highest BCUT2D eigenvalue weighted by molar-refractivity contribution is 7.09. The zero-order chi connectivity index (χ0) is 12.8. The number of nitrogens with one attached hydrogen (secondary N) is 1. The molecule has 0 radical (unpaired) electrons. The van der Waals surface area contributed by atoms with E-state index >= 15 is 0 Å². The van der Waals surface area contributed by atoms with Crippen molar-refractivity contribution >= 4 is 17.2 Å². The summed E-state index contributed by atoms with van der Waals surface area (Å²) in [5.74, 6) is 0.188. The molecule has 0 aliphatic heterocycles. The Morgan fingerprint density at radius 3 is 2.72 bits per heavy atom. The van der Waals surface area contributed by atoms with E-state index in [9.17, 15) is 4.79 Å². The lowest BCUT2D eigenvalue weighted by molar-refractivity contribution is -0.121. The Balaban J connectivity index is 1.71. The van der Waals surface area contributed by atoms with Crippen molar-refractivity contribution in [1.82, 2.24) is 10.3 Å². The number of nitrogens with zero attached hydrogens (tertiary/aromatic N) is 1. The average molecular weight is 266 g/mol. The van der Waals surface area contributed by atoms with Gasteiger partial charge in [-0.05, 0) is 26.2 Å². The molecule has 1 aliphatic carbocycles. The van der Waals surface area contributed by atoms with Crippen LogP contribution in [0.2, 0.25) is 0 Å². The highest BCUT2D eigenvalue weighted by atomic mass is 32.1. The standard InChI is InChI=1S/C14H22N2OS/c1-11-15-13(10-18-11)8-9-14(17)16-12-6-4-2-3-5-7-12/h10,12H,2-9H2,1H3,(H,16,17). The van der Waals surface area contributed by atoms with Crippen LogP contribution in [0.15, 0.2) is 5.38 Å². The number of rotatable bonds is 4. The van der Waals surface area contributed by atoms with Crippen molar-refractivity contribution in [1.29, 1.82) is 0 Å². The van der Waals surface area contributed by atoms with Crippen LogP contribution in [0, 0.1) is 6.92 Å². The molecule has 1 fully saturated rings. The second-order valence-electron chi connectivity index (χ2n) is 5.11. The molecule has 3 nitrogen and oxygen atoms in total. The molecule has 1 saturated carbocycles. The van der Waals surface area contributed by atoms with Gasteiger partial charge in [0.05, 0.1) is 10.7 Å². The van der Waals surface area contributed by atoms with Crippen LogP contribution < -0.4 is 5.32 Å². The van der Waals surface area contributed by atoms with Crippen molar-refractivity contribution in [3.05, 3.63) is 16.1 Å². The Morgan fingerprint density at radius 1 is 1.39 bits per heavy atom. The molecule has 0 aromatic carbocycles. The molecule has 1 aromatic rings. The van der Waals surface area contributed by atoms with Crippen LogP contribution in [0.5, 0.6) is 0 Å². The molecular weight excluding hydrogens is 244 g/mol. The summed E-state index contributed by atoms with van der Waals surface area (Å²) < 4.78 is 0. The van der Waals surface area contributed by atoms with Gasteiger partial charge >= 0.3 is 0 Å². The van der Waals surface area contributed by atoms with Gasteiger partial charge in [0.15, 0.2) is 0 Å². The van der Waals surface area contributed by atoms with Gasteiger partial charge in [-0.1, -0.05) is 25.7 Å². The van der Waals surface area contributed by atoms with E-state index in [1.807, 2.05) is 12.3 Å². The fourth-order valence-corrected chi connectivity index (χ4v) is 3.14. The third kappa shape index (κ3) is 4.41. The topological polar surface area (TPSA) is 42.0 Å². The molecule has 0 atom stereocenters. The number of carbonyl (C=O) groups is 1. The minimum Gasteiger partial charge on any atom is -0.353 e. The minimum atomic E-state index is 0.188. The largest absolute Gasteiger partial charge is 0.353 e. The number of thiazole rings is 1. The van der Waals surface area contributed by atoms with Gasteiger partial charge in [-0.15, -0.1) is 11.3 Å². The molecule has 1 N–H and O–H groups in total. The van der Waals surface area contributed by atoms with Crippen LogP contribution in [-0.2, 0) is 11.2 Å². The van der Waals surface area contributed by atoms with Gasteiger partial charge in [0.25, 0.3) is 0 Å². The lowest BCUT2D eigenvalue weighted by atomic mass is 10.1. The maximum atomic E-state index is 11.9. The highest BCUT2D eigenvalue weighted by Gasteiger charge is 2.14. The predicted molar refractivity (Wildman–Crippen MR) is 74.8 cm³/mol.